The van der Waals surface area contributed by atoms with Crippen molar-refractivity contribution in [1.29, 1.82) is 0 Å². The van der Waals surface area contributed by atoms with Gasteiger partial charge in [0.25, 0.3) is 0 Å². The number of hydrogen-bond donors (Lipinski definition) is 1. The fraction of sp³-hybridized carbons (Fsp3) is 0.350. The quantitative estimate of drug-likeness (QED) is 0.815. The van der Waals surface area contributed by atoms with Crippen LogP contribution in [0.1, 0.15) is 18.0 Å². The number of morpholine rings is 1. The number of nitrogens with zero attached hydrogens (tertiary/aromatic N) is 1. The molecule has 0 radical (unpaired) electrons. The number of benzene rings is 2. The van der Waals surface area contributed by atoms with Gasteiger partial charge in [-0.3, -0.25) is 4.79 Å². The number of sulfone groups is 1. The number of aliphatic hydroxyl groups is 1. The number of aliphatic hydroxyl groups excluding tert-OH is 1. The molecule has 1 aliphatic rings. The zero-order valence-electron chi connectivity index (χ0n) is 14.9. The summed E-state index contributed by atoms with van der Waals surface area (Å²) in [7, 11) is -3.52. The number of carbonyl (C=O) groups is 1. The van der Waals surface area contributed by atoms with Crippen LogP contribution in [0.25, 0.3) is 0 Å². The highest BCUT2D eigenvalue weighted by Gasteiger charge is 2.36. The smallest absolute Gasteiger partial charge is 0.224 e. The molecule has 0 unspecified atom stereocenters. The van der Waals surface area contributed by atoms with E-state index in [4.69, 9.17) is 4.74 Å². The van der Waals surface area contributed by atoms with Gasteiger partial charge < -0.3 is 14.7 Å². The van der Waals surface area contributed by atoms with Crippen molar-refractivity contribution < 1.29 is 23.1 Å². The van der Waals surface area contributed by atoms with Gasteiger partial charge >= 0.3 is 0 Å². The minimum absolute atomic E-state index is 0.112. The molecule has 0 aromatic heterocycles. The maximum absolute atomic E-state index is 12.8. The second-order valence-corrected chi connectivity index (χ2v) is 8.53. The van der Waals surface area contributed by atoms with E-state index in [-0.39, 0.29) is 29.6 Å². The third-order valence-electron chi connectivity index (χ3n) is 4.68. The maximum atomic E-state index is 12.8. The Balaban J connectivity index is 1.76. The fourth-order valence-corrected chi connectivity index (χ4v) is 4.57. The van der Waals surface area contributed by atoms with Gasteiger partial charge in [0.15, 0.2) is 9.84 Å². The molecule has 2 atom stereocenters. The topological polar surface area (TPSA) is 83.9 Å². The summed E-state index contributed by atoms with van der Waals surface area (Å²) in [4.78, 5) is 14.7. The molecule has 1 N–H and O–H groups in total. The van der Waals surface area contributed by atoms with Crippen molar-refractivity contribution in [1.82, 2.24) is 4.90 Å². The van der Waals surface area contributed by atoms with Gasteiger partial charge in [0.1, 0.15) is 6.10 Å². The Morgan fingerprint density at radius 1 is 1.07 bits per heavy atom. The zero-order chi connectivity index (χ0) is 19.3. The second-order valence-electron chi connectivity index (χ2n) is 6.42. The Labute approximate surface area is 159 Å². The Kier molecular flexibility index (Phi) is 6.26. The van der Waals surface area contributed by atoms with Crippen molar-refractivity contribution in [3.05, 3.63) is 66.2 Å². The molecule has 3 rings (SSSR count). The van der Waals surface area contributed by atoms with E-state index >= 15 is 0 Å². The molecule has 1 saturated heterocycles. The van der Waals surface area contributed by atoms with E-state index in [2.05, 4.69) is 0 Å². The first-order valence-electron chi connectivity index (χ1n) is 8.87. The standard InChI is InChI=1S/C20H23NO5S/c22-15-18-20(16-7-3-1-4-8-16)21(12-13-26-18)19(23)11-14-27(24,25)17-9-5-2-6-10-17/h1-10,18,20,22H,11-15H2/t18-,20-/m0/s1. The van der Waals surface area contributed by atoms with E-state index in [1.807, 2.05) is 30.3 Å². The molecule has 2 aromatic carbocycles. The number of amides is 1. The average molecular weight is 389 g/mol. The second kappa shape index (κ2) is 8.65. The van der Waals surface area contributed by atoms with Crippen molar-refractivity contribution in [2.24, 2.45) is 0 Å². The molecule has 1 fully saturated rings. The highest BCUT2D eigenvalue weighted by Crippen LogP contribution is 2.30. The van der Waals surface area contributed by atoms with Crippen LogP contribution in [0.3, 0.4) is 0 Å². The van der Waals surface area contributed by atoms with E-state index < -0.39 is 22.0 Å². The molecule has 27 heavy (non-hydrogen) atoms. The highest BCUT2D eigenvalue weighted by atomic mass is 32.2. The first kappa shape index (κ1) is 19.5. The van der Waals surface area contributed by atoms with Crippen molar-refractivity contribution >= 4 is 15.7 Å². The predicted molar refractivity (Wildman–Crippen MR) is 101 cm³/mol. The van der Waals surface area contributed by atoms with E-state index in [9.17, 15) is 18.3 Å². The Hall–Kier alpha value is -2.22. The fourth-order valence-electron chi connectivity index (χ4n) is 3.32. The largest absolute Gasteiger partial charge is 0.394 e. The van der Waals surface area contributed by atoms with Gasteiger partial charge in [-0.05, 0) is 17.7 Å². The van der Waals surface area contributed by atoms with Gasteiger partial charge in [0.2, 0.25) is 5.91 Å². The van der Waals surface area contributed by atoms with E-state index in [1.54, 1.807) is 23.1 Å². The van der Waals surface area contributed by atoms with Gasteiger partial charge in [0, 0.05) is 13.0 Å². The van der Waals surface area contributed by atoms with Crippen molar-refractivity contribution in [3.8, 4) is 0 Å². The van der Waals surface area contributed by atoms with Crippen LogP contribution in [0.4, 0.5) is 0 Å². The van der Waals surface area contributed by atoms with E-state index in [0.29, 0.717) is 13.2 Å². The number of ether oxygens (including phenoxy) is 1. The number of rotatable bonds is 6. The SMILES string of the molecule is O=C(CCS(=O)(=O)c1ccccc1)N1CCO[C@@H](CO)[C@@H]1c1ccccc1. The van der Waals surface area contributed by atoms with Gasteiger partial charge in [-0.2, -0.15) is 0 Å². The molecule has 2 aromatic rings. The van der Waals surface area contributed by atoms with Gasteiger partial charge in [0.05, 0.1) is 29.9 Å². The number of carbonyl (C=O) groups excluding carboxylic acids is 1. The molecule has 0 saturated carbocycles. The highest BCUT2D eigenvalue weighted by molar-refractivity contribution is 7.91. The zero-order valence-corrected chi connectivity index (χ0v) is 15.7. The average Bonchev–Trinajstić information content (AvgIpc) is 2.72. The molecule has 7 heteroatoms. The van der Waals surface area contributed by atoms with Gasteiger partial charge in [-0.1, -0.05) is 48.5 Å². The third-order valence-corrected chi connectivity index (χ3v) is 6.41. The molecular weight excluding hydrogens is 366 g/mol. The van der Waals surface area contributed by atoms with Crippen molar-refractivity contribution in [2.45, 2.75) is 23.5 Å². The lowest BCUT2D eigenvalue weighted by Gasteiger charge is -2.41. The Bertz CT molecular complexity index is 854. The first-order chi connectivity index (χ1) is 13.0. The van der Waals surface area contributed by atoms with Crippen LogP contribution in [0.15, 0.2) is 65.6 Å². The summed E-state index contributed by atoms with van der Waals surface area (Å²) in [5.41, 5.74) is 0.857. The lowest BCUT2D eigenvalue weighted by molar-refractivity contribution is -0.149. The minimum Gasteiger partial charge on any atom is -0.394 e. The molecule has 144 valence electrons. The van der Waals surface area contributed by atoms with Gasteiger partial charge in [-0.15, -0.1) is 0 Å². The maximum Gasteiger partial charge on any atom is 0.224 e. The lowest BCUT2D eigenvalue weighted by Crippen LogP contribution is -2.49. The number of hydrogen-bond acceptors (Lipinski definition) is 5. The summed E-state index contributed by atoms with van der Waals surface area (Å²) in [6.45, 7) is 0.456. The molecule has 0 bridgehead atoms. The summed E-state index contributed by atoms with van der Waals surface area (Å²) in [5.74, 6) is -0.511. The van der Waals surface area contributed by atoms with E-state index in [1.165, 1.54) is 12.1 Å². The van der Waals surface area contributed by atoms with Gasteiger partial charge in [-0.25, -0.2) is 8.42 Å². The van der Waals surface area contributed by atoms with Crippen LogP contribution in [-0.2, 0) is 19.4 Å². The minimum atomic E-state index is -3.52. The van der Waals surface area contributed by atoms with Crippen LogP contribution in [-0.4, -0.2) is 55.9 Å². The molecule has 0 spiro atoms. The van der Waals surface area contributed by atoms with Crippen LogP contribution < -0.4 is 0 Å². The molecular formula is C20H23NO5S. The summed E-state index contributed by atoms with van der Waals surface area (Å²) >= 11 is 0. The molecule has 1 amide bonds. The Morgan fingerprint density at radius 3 is 2.33 bits per heavy atom. The lowest BCUT2D eigenvalue weighted by atomic mass is 9.98. The third kappa shape index (κ3) is 4.55. The molecule has 1 aliphatic heterocycles. The summed E-state index contributed by atoms with van der Waals surface area (Å²) in [6.07, 6.45) is -0.644. The molecule has 1 heterocycles. The van der Waals surface area contributed by atoms with E-state index in [0.717, 1.165) is 5.56 Å². The Morgan fingerprint density at radius 2 is 1.70 bits per heavy atom. The van der Waals surface area contributed by atoms with Crippen LogP contribution in [0.2, 0.25) is 0 Å². The summed E-state index contributed by atoms with van der Waals surface area (Å²) in [6, 6.07) is 17.1. The van der Waals surface area contributed by atoms with Crippen LogP contribution >= 0.6 is 0 Å². The molecule has 0 aliphatic carbocycles. The normalized spacial score (nSPS) is 20.4. The predicted octanol–water partition coefficient (Wildman–Crippen LogP) is 1.81. The summed E-state index contributed by atoms with van der Waals surface area (Å²) < 4.78 is 30.5. The summed E-state index contributed by atoms with van der Waals surface area (Å²) in [5, 5.41) is 9.67. The van der Waals surface area contributed by atoms with Crippen LogP contribution in [0.5, 0.6) is 0 Å². The molecule has 6 nitrogen and oxygen atoms in total. The van der Waals surface area contributed by atoms with Crippen molar-refractivity contribution in [2.75, 3.05) is 25.5 Å². The van der Waals surface area contributed by atoms with Crippen LogP contribution in [0, 0.1) is 0 Å². The van der Waals surface area contributed by atoms with Crippen molar-refractivity contribution in [3.63, 3.8) is 0 Å². The first-order valence-corrected chi connectivity index (χ1v) is 10.5. The monoisotopic (exact) mass is 389 g/mol.